The van der Waals surface area contributed by atoms with Gasteiger partial charge in [0.1, 0.15) is 5.75 Å². The second-order valence-corrected chi connectivity index (χ2v) is 6.90. The highest BCUT2D eigenvalue weighted by atomic mass is 16.6. The molecule has 1 fully saturated rings. The zero-order chi connectivity index (χ0) is 21.5. The molecule has 9 nitrogen and oxygen atoms in total. The molecular weight excluding hydrogens is 388 g/mol. The van der Waals surface area contributed by atoms with Crippen molar-refractivity contribution in [2.45, 2.75) is 13.8 Å². The van der Waals surface area contributed by atoms with Crippen LogP contribution in [0.4, 0.5) is 11.4 Å². The third kappa shape index (κ3) is 5.32. The molecule has 0 unspecified atom stereocenters. The maximum atomic E-state index is 12.1. The molecule has 0 spiro atoms. The summed E-state index contributed by atoms with van der Waals surface area (Å²) in [6, 6.07) is 10.3. The predicted octanol–water partition coefficient (Wildman–Crippen LogP) is 2.58. The van der Waals surface area contributed by atoms with E-state index in [2.05, 4.69) is 15.4 Å². The number of non-ortho nitro benzene ring substituents is 1. The molecule has 158 valence electrons. The van der Waals surface area contributed by atoms with Gasteiger partial charge in [-0.2, -0.15) is 5.10 Å². The van der Waals surface area contributed by atoms with E-state index in [-0.39, 0.29) is 12.3 Å². The number of nitrogens with zero attached hydrogens (tertiary/aromatic N) is 3. The van der Waals surface area contributed by atoms with Crippen molar-refractivity contribution >= 4 is 23.5 Å². The van der Waals surface area contributed by atoms with E-state index in [1.54, 1.807) is 6.07 Å². The molecule has 0 atom stereocenters. The summed E-state index contributed by atoms with van der Waals surface area (Å²) in [4.78, 5) is 24.9. The molecule has 1 heterocycles. The Balaban J connectivity index is 1.67. The van der Waals surface area contributed by atoms with Crippen LogP contribution in [0.15, 0.2) is 41.5 Å². The molecule has 0 aliphatic carbocycles. The lowest BCUT2D eigenvalue weighted by Crippen LogP contribution is -2.36. The maximum absolute atomic E-state index is 12.1. The van der Waals surface area contributed by atoms with Gasteiger partial charge < -0.3 is 14.4 Å². The summed E-state index contributed by atoms with van der Waals surface area (Å²) in [5.74, 6) is 0.247. The van der Waals surface area contributed by atoms with Gasteiger partial charge in [0.05, 0.1) is 24.4 Å². The van der Waals surface area contributed by atoms with Crippen LogP contribution >= 0.6 is 0 Å². The topological polar surface area (TPSA) is 106 Å². The number of hydrazone groups is 1. The highest BCUT2D eigenvalue weighted by Gasteiger charge is 2.17. The Morgan fingerprint density at radius 2 is 1.97 bits per heavy atom. The van der Waals surface area contributed by atoms with E-state index in [1.165, 1.54) is 18.3 Å². The van der Waals surface area contributed by atoms with Crippen molar-refractivity contribution in [3.05, 3.63) is 63.2 Å². The van der Waals surface area contributed by atoms with Gasteiger partial charge in [0, 0.05) is 36.5 Å². The first kappa shape index (κ1) is 21.3. The lowest BCUT2D eigenvalue weighted by atomic mass is 10.1. The van der Waals surface area contributed by atoms with Crippen molar-refractivity contribution in [3.8, 4) is 5.75 Å². The molecule has 30 heavy (non-hydrogen) atoms. The normalized spacial score (nSPS) is 14.0. The van der Waals surface area contributed by atoms with Crippen LogP contribution in [0.2, 0.25) is 0 Å². The molecule has 0 bridgehead atoms. The van der Waals surface area contributed by atoms with E-state index in [9.17, 15) is 14.9 Å². The molecule has 1 N–H and O–H groups in total. The Morgan fingerprint density at radius 1 is 1.27 bits per heavy atom. The number of hydrogen-bond donors (Lipinski definition) is 1. The Labute approximate surface area is 174 Å². The smallest absolute Gasteiger partial charge is 0.277 e. The number of nitro groups is 1. The molecule has 0 saturated carbocycles. The summed E-state index contributed by atoms with van der Waals surface area (Å²) >= 11 is 0. The van der Waals surface area contributed by atoms with Crippen molar-refractivity contribution in [2.75, 3.05) is 37.8 Å². The van der Waals surface area contributed by atoms with Crippen LogP contribution in [0.25, 0.3) is 0 Å². The third-order valence-electron chi connectivity index (χ3n) is 4.72. The van der Waals surface area contributed by atoms with Crippen LogP contribution in [0.5, 0.6) is 5.75 Å². The fraction of sp³-hybridized carbons (Fsp3) is 0.333. The number of ether oxygens (including phenoxy) is 2. The van der Waals surface area contributed by atoms with Crippen molar-refractivity contribution in [2.24, 2.45) is 5.10 Å². The number of anilines is 1. The molecule has 3 rings (SSSR count). The number of benzene rings is 2. The highest BCUT2D eigenvalue weighted by Crippen LogP contribution is 2.25. The van der Waals surface area contributed by atoms with Crippen LogP contribution in [-0.4, -0.2) is 50.0 Å². The Hall–Kier alpha value is -3.46. The van der Waals surface area contributed by atoms with Crippen molar-refractivity contribution in [1.29, 1.82) is 0 Å². The molecule has 2 aromatic carbocycles. The SMILES string of the molecule is Cc1cccc(C)c1OCC(=O)N/N=C\c1cc([N+](=O)[O-])ccc1N1CCOCC1. The quantitative estimate of drug-likeness (QED) is 0.426. The molecule has 0 aromatic heterocycles. The number of carbonyl (C=O) groups excluding carboxylic acids is 1. The molecule has 9 heteroatoms. The molecule has 0 radical (unpaired) electrons. The summed E-state index contributed by atoms with van der Waals surface area (Å²) in [6.07, 6.45) is 1.41. The highest BCUT2D eigenvalue weighted by molar-refractivity contribution is 5.90. The second-order valence-electron chi connectivity index (χ2n) is 6.90. The monoisotopic (exact) mass is 412 g/mol. The fourth-order valence-electron chi connectivity index (χ4n) is 3.22. The number of para-hydroxylation sites is 1. The molecule has 1 amide bonds. The number of aryl methyl sites for hydroxylation is 2. The predicted molar refractivity (Wildman–Crippen MR) is 113 cm³/mol. The van der Waals surface area contributed by atoms with E-state index >= 15 is 0 Å². The number of nitrogens with one attached hydrogen (secondary N) is 1. The van der Waals surface area contributed by atoms with Gasteiger partial charge in [-0.25, -0.2) is 5.43 Å². The molecule has 1 aliphatic rings. The minimum absolute atomic E-state index is 0.0434. The standard InChI is InChI=1S/C21H24N4O5/c1-15-4-3-5-16(2)21(15)30-14-20(26)23-22-13-17-12-18(25(27)28)6-7-19(17)24-8-10-29-11-9-24/h3-7,12-13H,8-11,14H2,1-2H3,(H,23,26)/b22-13-. The van der Waals surface area contributed by atoms with Gasteiger partial charge in [-0.3, -0.25) is 14.9 Å². The minimum atomic E-state index is -0.461. The average molecular weight is 412 g/mol. The number of morpholine rings is 1. The van der Waals surface area contributed by atoms with Gasteiger partial charge in [0.25, 0.3) is 11.6 Å². The summed E-state index contributed by atoms with van der Waals surface area (Å²) in [5, 5.41) is 15.1. The third-order valence-corrected chi connectivity index (χ3v) is 4.72. The number of hydrogen-bond acceptors (Lipinski definition) is 7. The molecule has 2 aromatic rings. The Kier molecular flexibility index (Phi) is 6.97. The summed E-state index contributed by atoms with van der Waals surface area (Å²) in [6.45, 7) is 6.15. The van der Waals surface area contributed by atoms with Crippen molar-refractivity contribution in [1.82, 2.24) is 5.43 Å². The maximum Gasteiger partial charge on any atom is 0.277 e. The van der Waals surface area contributed by atoms with Crippen LogP contribution in [0.1, 0.15) is 16.7 Å². The lowest BCUT2D eigenvalue weighted by Gasteiger charge is -2.29. The van der Waals surface area contributed by atoms with Crippen LogP contribution in [0.3, 0.4) is 0 Å². The van der Waals surface area contributed by atoms with Gasteiger partial charge >= 0.3 is 0 Å². The largest absolute Gasteiger partial charge is 0.483 e. The van der Waals surface area contributed by atoms with Gasteiger partial charge in [-0.15, -0.1) is 0 Å². The van der Waals surface area contributed by atoms with E-state index in [0.29, 0.717) is 37.6 Å². The fourth-order valence-corrected chi connectivity index (χ4v) is 3.22. The number of rotatable bonds is 7. The Bertz CT molecular complexity index is 934. The van der Waals surface area contributed by atoms with Gasteiger partial charge in [-0.1, -0.05) is 18.2 Å². The van der Waals surface area contributed by atoms with Gasteiger partial charge in [0.2, 0.25) is 0 Å². The first-order valence-corrected chi connectivity index (χ1v) is 9.58. The van der Waals surface area contributed by atoms with Crippen LogP contribution in [0, 0.1) is 24.0 Å². The van der Waals surface area contributed by atoms with E-state index in [1.807, 2.05) is 32.0 Å². The zero-order valence-corrected chi connectivity index (χ0v) is 17.0. The van der Waals surface area contributed by atoms with E-state index in [4.69, 9.17) is 9.47 Å². The van der Waals surface area contributed by atoms with Crippen LogP contribution < -0.4 is 15.1 Å². The first-order valence-electron chi connectivity index (χ1n) is 9.58. The Morgan fingerprint density at radius 3 is 2.63 bits per heavy atom. The molecular formula is C21H24N4O5. The lowest BCUT2D eigenvalue weighted by molar-refractivity contribution is -0.384. The van der Waals surface area contributed by atoms with E-state index < -0.39 is 10.8 Å². The van der Waals surface area contributed by atoms with Gasteiger partial charge in [0.15, 0.2) is 6.61 Å². The van der Waals surface area contributed by atoms with E-state index in [0.717, 1.165) is 16.8 Å². The first-order chi connectivity index (χ1) is 14.5. The van der Waals surface area contributed by atoms with Crippen molar-refractivity contribution < 1.29 is 19.2 Å². The van der Waals surface area contributed by atoms with Crippen molar-refractivity contribution in [3.63, 3.8) is 0 Å². The summed E-state index contributed by atoms with van der Waals surface area (Å²) in [7, 11) is 0. The molecule has 1 aliphatic heterocycles. The zero-order valence-electron chi connectivity index (χ0n) is 17.0. The average Bonchev–Trinajstić information content (AvgIpc) is 2.74. The minimum Gasteiger partial charge on any atom is -0.483 e. The summed E-state index contributed by atoms with van der Waals surface area (Å²) in [5.41, 5.74) is 5.60. The van der Waals surface area contributed by atoms with Gasteiger partial charge in [-0.05, 0) is 31.0 Å². The number of carbonyl (C=O) groups is 1. The number of nitro benzene ring substituents is 1. The second kappa shape index (κ2) is 9.84. The number of amides is 1. The van der Waals surface area contributed by atoms with Crippen LogP contribution in [-0.2, 0) is 9.53 Å². The summed E-state index contributed by atoms with van der Waals surface area (Å²) < 4.78 is 11.0. The molecule has 1 saturated heterocycles.